The zero-order valence-corrected chi connectivity index (χ0v) is 39.1. The van der Waals surface area contributed by atoms with Gasteiger partial charge in [0.1, 0.15) is 0 Å². The first-order valence-corrected chi connectivity index (χ1v) is 24.2. The van der Waals surface area contributed by atoms with Crippen LogP contribution in [0.1, 0.15) is 33.4 Å². The molecule has 0 bridgehead atoms. The van der Waals surface area contributed by atoms with E-state index >= 15 is 0 Å². The lowest BCUT2D eigenvalue weighted by Gasteiger charge is -2.36. The van der Waals surface area contributed by atoms with Crippen LogP contribution in [0.25, 0.3) is 50.6 Å². The Hall–Kier alpha value is -8.46. The largest absolute Gasteiger partial charge is 0.310 e. The fourth-order valence-corrected chi connectivity index (χ4v) is 11.8. The van der Waals surface area contributed by atoms with Gasteiger partial charge in [-0.25, -0.2) is 0 Å². The van der Waals surface area contributed by atoms with E-state index in [4.69, 9.17) is 0 Å². The summed E-state index contributed by atoms with van der Waals surface area (Å²) in [5.41, 5.74) is 27.6. The number of allylic oxidation sites excluding steroid dienone is 14. The highest BCUT2D eigenvalue weighted by molar-refractivity contribution is 6.09. The van der Waals surface area contributed by atoms with E-state index in [9.17, 15) is 0 Å². The second kappa shape index (κ2) is 16.1. The Morgan fingerprint density at radius 2 is 0.739 bits per heavy atom. The van der Waals surface area contributed by atoms with E-state index in [-0.39, 0.29) is 11.8 Å². The monoisotopic (exact) mass is 882 g/mol. The standard InChI is InChI=1S/C67H50N2/c1-5-45-28-36-51(37-29-45)69(50-34-26-44(4)27-35-50)59-41-39-57-63-53(59)19-13-21-55(63)65-61(47-16-10-7-11-17-47)66-56-38-40-58(68(48-30-22-42(2)23-31-48)49-32-24-43(3)25-33-49)52-18-12-20-54(62(52)56)64(66)60(67(57)65)46-14-8-6-9-15-46/h5-41,62-63H,1H2,2-4H3. The van der Waals surface area contributed by atoms with Crippen LogP contribution in [0.2, 0.25) is 0 Å². The van der Waals surface area contributed by atoms with Crippen LogP contribution in [0.5, 0.6) is 0 Å². The average Bonchev–Trinajstić information content (AvgIpc) is 3.91. The lowest BCUT2D eigenvalue weighted by Crippen LogP contribution is -2.24. The van der Waals surface area contributed by atoms with Crippen LogP contribution in [-0.2, 0) is 0 Å². The first kappa shape index (κ1) is 40.8. The SMILES string of the molecule is C=Cc1ccc(N(C2=CC=C3c4c(-c5ccccc5)c5c(c(-c6ccccc6)c4=C4C=CC=C2C34)C2=CC=C(N(c3ccc(C)cc3)c3ccc(C)cc3)C3=CC=CC=5C32)c2ccc(C)cc2)cc1. The summed E-state index contributed by atoms with van der Waals surface area (Å²) in [5.74, 6) is 0.0942. The summed E-state index contributed by atoms with van der Waals surface area (Å²) in [4.78, 5) is 4.90. The van der Waals surface area contributed by atoms with Gasteiger partial charge < -0.3 is 9.80 Å². The summed E-state index contributed by atoms with van der Waals surface area (Å²) in [6.07, 6.45) is 25.7. The molecule has 0 N–H and O–H groups in total. The van der Waals surface area contributed by atoms with Crippen molar-refractivity contribution in [3.8, 4) is 22.3 Å². The second-order valence-corrected chi connectivity index (χ2v) is 19.0. The number of nitrogens with zero attached hydrogens (tertiary/aromatic N) is 2. The highest BCUT2D eigenvalue weighted by Gasteiger charge is 2.45. The van der Waals surface area contributed by atoms with Gasteiger partial charge in [0, 0.05) is 34.6 Å². The highest BCUT2D eigenvalue weighted by Crippen LogP contribution is 2.56. The van der Waals surface area contributed by atoms with Crippen molar-refractivity contribution in [1.82, 2.24) is 0 Å². The van der Waals surface area contributed by atoms with E-state index in [0.717, 1.165) is 28.3 Å². The van der Waals surface area contributed by atoms with E-state index in [2.05, 4.69) is 256 Å². The first-order valence-electron chi connectivity index (χ1n) is 24.2. The molecule has 6 aliphatic rings. The molecule has 7 aromatic carbocycles. The molecule has 0 spiro atoms. The summed E-state index contributed by atoms with van der Waals surface area (Å²) < 4.78 is 0. The van der Waals surface area contributed by atoms with Gasteiger partial charge in [-0.15, -0.1) is 0 Å². The zero-order chi connectivity index (χ0) is 46.3. The minimum Gasteiger partial charge on any atom is -0.310 e. The molecule has 0 aliphatic heterocycles. The van der Waals surface area contributed by atoms with Gasteiger partial charge in [-0.2, -0.15) is 0 Å². The van der Waals surface area contributed by atoms with Gasteiger partial charge in [0.2, 0.25) is 0 Å². The third-order valence-corrected chi connectivity index (χ3v) is 14.9. The molecule has 0 fully saturated rings. The zero-order valence-electron chi connectivity index (χ0n) is 39.1. The summed E-state index contributed by atoms with van der Waals surface area (Å²) in [5, 5.41) is 2.69. The van der Waals surface area contributed by atoms with Gasteiger partial charge in [-0.1, -0.05) is 187 Å². The highest BCUT2D eigenvalue weighted by atomic mass is 15.2. The predicted molar refractivity (Wildman–Crippen MR) is 291 cm³/mol. The van der Waals surface area contributed by atoms with Crippen molar-refractivity contribution in [3.63, 3.8) is 0 Å². The number of benzene rings is 7. The van der Waals surface area contributed by atoms with Gasteiger partial charge in [0.15, 0.2) is 0 Å². The number of aryl methyl sites for hydroxylation is 3. The molecule has 0 aromatic heterocycles. The molecular weight excluding hydrogens is 833 g/mol. The van der Waals surface area contributed by atoms with E-state index < -0.39 is 0 Å². The van der Waals surface area contributed by atoms with Crippen molar-refractivity contribution in [2.45, 2.75) is 20.8 Å². The average molecular weight is 883 g/mol. The maximum absolute atomic E-state index is 4.05. The van der Waals surface area contributed by atoms with Crippen LogP contribution in [0.3, 0.4) is 0 Å². The van der Waals surface area contributed by atoms with Crippen LogP contribution < -0.4 is 20.2 Å². The van der Waals surface area contributed by atoms with E-state index in [0.29, 0.717) is 0 Å². The van der Waals surface area contributed by atoms with Crippen molar-refractivity contribution in [2.24, 2.45) is 11.8 Å². The van der Waals surface area contributed by atoms with Gasteiger partial charge in [0.25, 0.3) is 0 Å². The van der Waals surface area contributed by atoms with Gasteiger partial charge >= 0.3 is 0 Å². The lowest BCUT2D eigenvalue weighted by molar-refractivity contribution is 0.983. The summed E-state index contributed by atoms with van der Waals surface area (Å²) in [6.45, 7) is 10.5. The molecule has 2 heteroatoms. The van der Waals surface area contributed by atoms with E-state index in [1.807, 2.05) is 6.08 Å². The Kier molecular flexibility index (Phi) is 9.52. The van der Waals surface area contributed by atoms with Crippen molar-refractivity contribution in [3.05, 3.63) is 291 Å². The third kappa shape index (κ3) is 6.40. The Morgan fingerprint density at radius 1 is 0.377 bits per heavy atom. The van der Waals surface area contributed by atoms with E-state index in [1.165, 1.54) is 105 Å². The van der Waals surface area contributed by atoms with Crippen LogP contribution in [-0.4, -0.2) is 0 Å². The van der Waals surface area contributed by atoms with Gasteiger partial charge in [0.05, 0.1) is 11.4 Å². The van der Waals surface area contributed by atoms with Gasteiger partial charge in [-0.05, 0) is 164 Å². The molecule has 69 heavy (non-hydrogen) atoms. The molecule has 328 valence electrons. The molecule has 2 unspecified atom stereocenters. The van der Waals surface area contributed by atoms with Gasteiger partial charge in [-0.3, -0.25) is 0 Å². The number of hydrogen-bond donors (Lipinski definition) is 0. The Morgan fingerprint density at radius 3 is 1.10 bits per heavy atom. The first-order chi connectivity index (χ1) is 33.9. The van der Waals surface area contributed by atoms with Crippen molar-refractivity contribution >= 4 is 51.1 Å². The fourth-order valence-electron chi connectivity index (χ4n) is 11.8. The Balaban J connectivity index is 1.09. The molecule has 0 saturated carbocycles. The second-order valence-electron chi connectivity index (χ2n) is 19.0. The number of hydrogen-bond acceptors (Lipinski definition) is 2. The molecule has 0 radical (unpaired) electrons. The van der Waals surface area contributed by atoms with Crippen molar-refractivity contribution in [1.29, 1.82) is 0 Å². The summed E-state index contributed by atoms with van der Waals surface area (Å²) in [7, 11) is 0. The van der Waals surface area contributed by atoms with Crippen LogP contribution in [0, 0.1) is 32.6 Å². The Bertz CT molecular complexity index is 3650. The molecule has 0 heterocycles. The molecule has 0 saturated heterocycles. The normalized spacial score (nSPS) is 17.6. The summed E-state index contributed by atoms with van der Waals surface area (Å²) in [6, 6.07) is 58.1. The smallest absolute Gasteiger partial charge is 0.0503 e. The van der Waals surface area contributed by atoms with Crippen LogP contribution in [0.4, 0.5) is 22.7 Å². The maximum Gasteiger partial charge on any atom is 0.0503 e. The van der Waals surface area contributed by atoms with Crippen LogP contribution >= 0.6 is 0 Å². The molecule has 7 aromatic rings. The molecular formula is C67H50N2. The van der Waals surface area contributed by atoms with Crippen molar-refractivity contribution < 1.29 is 0 Å². The number of fused-ring (bicyclic) bond motifs is 4. The molecule has 2 nitrogen and oxygen atoms in total. The number of rotatable bonds is 9. The lowest BCUT2D eigenvalue weighted by atomic mass is 9.77. The summed E-state index contributed by atoms with van der Waals surface area (Å²) >= 11 is 0. The third-order valence-electron chi connectivity index (χ3n) is 14.9. The van der Waals surface area contributed by atoms with Crippen LogP contribution in [0.15, 0.2) is 248 Å². The molecule has 2 atom stereocenters. The maximum atomic E-state index is 4.05. The topological polar surface area (TPSA) is 6.48 Å². The Labute approximate surface area is 405 Å². The van der Waals surface area contributed by atoms with Crippen molar-refractivity contribution in [2.75, 3.05) is 9.80 Å². The minimum absolute atomic E-state index is 0.0420. The predicted octanol–water partition coefficient (Wildman–Crippen LogP) is 15.4. The van der Waals surface area contributed by atoms with E-state index in [1.54, 1.807) is 0 Å². The molecule has 6 aliphatic carbocycles. The number of anilines is 4. The molecule has 0 amide bonds. The minimum atomic E-state index is 0.0420. The fraction of sp³-hybridized carbons (Fsp3) is 0.0746. The quantitative estimate of drug-likeness (QED) is 0.143. The molecule has 13 rings (SSSR count).